The van der Waals surface area contributed by atoms with Crippen molar-refractivity contribution in [2.75, 3.05) is 0 Å². The predicted octanol–water partition coefficient (Wildman–Crippen LogP) is 12.6. The van der Waals surface area contributed by atoms with Crippen LogP contribution in [0.1, 0.15) is 5.48 Å². The van der Waals surface area contributed by atoms with Gasteiger partial charge < -0.3 is 4.42 Å². The number of rotatable bonds is 4. The smallest absolute Gasteiger partial charge is 0.143 e. The summed E-state index contributed by atoms with van der Waals surface area (Å²) in [7, 11) is 0. The molecular formula is C44H28O. The van der Waals surface area contributed by atoms with Crippen LogP contribution in [-0.4, -0.2) is 0 Å². The van der Waals surface area contributed by atoms with Crippen molar-refractivity contribution >= 4 is 43.5 Å². The second kappa shape index (κ2) is 10.4. The summed E-state index contributed by atoms with van der Waals surface area (Å²) in [6.07, 6.45) is 0. The molecule has 0 aliphatic carbocycles. The largest absolute Gasteiger partial charge is 0.455 e. The van der Waals surface area contributed by atoms with E-state index >= 15 is 0 Å². The molecule has 0 saturated carbocycles. The molecule has 1 nitrogen and oxygen atoms in total. The van der Waals surface area contributed by atoms with Crippen molar-refractivity contribution in [3.05, 3.63) is 170 Å². The fourth-order valence-corrected chi connectivity index (χ4v) is 6.82. The Morgan fingerprint density at radius 3 is 1.58 bits per heavy atom. The van der Waals surface area contributed by atoms with E-state index in [0.717, 1.165) is 65.7 Å². The van der Waals surface area contributed by atoms with Crippen LogP contribution in [0.25, 0.3) is 88.0 Å². The van der Waals surface area contributed by atoms with Crippen LogP contribution in [0, 0.1) is 0 Å². The van der Waals surface area contributed by atoms with Crippen molar-refractivity contribution in [3.8, 4) is 44.5 Å². The van der Waals surface area contributed by atoms with Gasteiger partial charge in [-0.15, -0.1) is 0 Å². The second-order valence-electron chi connectivity index (χ2n) is 11.3. The minimum Gasteiger partial charge on any atom is -0.455 e. The molecule has 0 saturated heterocycles. The molecule has 0 fully saturated rings. The highest BCUT2D eigenvalue weighted by Crippen LogP contribution is 2.45. The molecule has 1 aromatic heterocycles. The van der Waals surface area contributed by atoms with Crippen LogP contribution in [0.4, 0.5) is 0 Å². The lowest BCUT2D eigenvalue weighted by molar-refractivity contribution is 0.670. The molecular weight excluding hydrogens is 544 g/mol. The van der Waals surface area contributed by atoms with Gasteiger partial charge in [-0.1, -0.05) is 158 Å². The highest BCUT2D eigenvalue weighted by atomic mass is 16.3. The van der Waals surface area contributed by atoms with Gasteiger partial charge in [0, 0.05) is 16.3 Å². The maximum Gasteiger partial charge on any atom is 0.143 e. The van der Waals surface area contributed by atoms with Crippen LogP contribution in [0.3, 0.4) is 0 Å². The highest BCUT2D eigenvalue weighted by Gasteiger charge is 2.19. The Hall–Kier alpha value is -5.92. The van der Waals surface area contributed by atoms with E-state index in [-0.39, 0.29) is 24.2 Å². The quantitative estimate of drug-likeness (QED) is 0.190. The first kappa shape index (κ1) is 21.7. The normalized spacial score (nSPS) is 12.8. The van der Waals surface area contributed by atoms with E-state index < -0.39 is 0 Å². The number of furan rings is 1. The third-order valence-electron chi connectivity index (χ3n) is 8.75. The summed E-state index contributed by atoms with van der Waals surface area (Å²) in [5.74, 6) is 0. The van der Waals surface area contributed by atoms with Crippen LogP contribution in [0.2, 0.25) is 0 Å². The van der Waals surface area contributed by atoms with Gasteiger partial charge in [0.2, 0.25) is 0 Å². The molecule has 0 atom stereocenters. The Morgan fingerprint density at radius 2 is 0.911 bits per heavy atom. The Kier molecular flexibility index (Phi) is 5.00. The lowest BCUT2D eigenvalue weighted by Gasteiger charge is -2.18. The van der Waals surface area contributed by atoms with Crippen molar-refractivity contribution < 1.29 is 9.90 Å². The standard InChI is InChI=1S/C44H28O/c1-3-14-29(15-4-1)34-25-12-26-39-43-33(24-13-27-40(43)45-44(34)39)31-18-11-19-32(28-31)42-37-22-9-7-20-35(37)41(30-16-5-2-6-17-30)36-21-8-10-23-38(36)42/h1-28H/i11D,18D,19D,28D. The fourth-order valence-electron chi connectivity index (χ4n) is 6.82. The lowest BCUT2D eigenvalue weighted by atomic mass is 9.85. The summed E-state index contributed by atoms with van der Waals surface area (Å²) in [6.45, 7) is 0. The molecule has 0 bridgehead atoms. The molecule has 0 N–H and O–H groups in total. The Bertz CT molecular complexity index is 2690. The number of benzene rings is 8. The molecule has 9 rings (SSSR count). The average molecular weight is 577 g/mol. The summed E-state index contributed by atoms with van der Waals surface area (Å²) >= 11 is 0. The van der Waals surface area contributed by atoms with E-state index in [1.807, 2.05) is 109 Å². The zero-order chi connectivity index (χ0) is 33.2. The van der Waals surface area contributed by atoms with E-state index in [1.54, 1.807) is 0 Å². The van der Waals surface area contributed by atoms with E-state index in [1.165, 1.54) is 0 Å². The lowest BCUT2D eigenvalue weighted by Crippen LogP contribution is -1.91. The van der Waals surface area contributed by atoms with Gasteiger partial charge in [-0.25, -0.2) is 0 Å². The number of hydrogen-bond donors (Lipinski definition) is 0. The first-order chi connectivity index (χ1) is 24.0. The monoisotopic (exact) mass is 576 g/mol. The maximum atomic E-state index is 9.83. The van der Waals surface area contributed by atoms with E-state index in [2.05, 4.69) is 36.4 Å². The number of fused-ring (bicyclic) bond motifs is 5. The molecule has 0 aliphatic heterocycles. The van der Waals surface area contributed by atoms with Gasteiger partial charge in [0.05, 0.1) is 5.48 Å². The molecule has 0 amide bonds. The van der Waals surface area contributed by atoms with Crippen molar-refractivity contribution in [3.63, 3.8) is 0 Å². The van der Waals surface area contributed by atoms with Crippen molar-refractivity contribution in [1.29, 1.82) is 0 Å². The first-order valence-electron chi connectivity index (χ1n) is 17.1. The SMILES string of the molecule is [2H]c1c([2H])c(-c2c3ccccc3c(-c3ccccc3)c3ccccc23)c([2H])c(-c2cccc3oc4c(-c5ccccc5)cccc4c23)c1[2H]. The Labute approximate surface area is 267 Å². The van der Waals surface area contributed by atoms with Gasteiger partial charge in [-0.2, -0.15) is 0 Å². The van der Waals surface area contributed by atoms with Gasteiger partial charge in [-0.3, -0.25) is 0 Å². The summed E-state index contributed by atoms with van der Waals surface area (Å²) < 4.78 is 43.9. The summed E-state index contributed by atoms with van der Waals surface area (Å²) in [5, 5.41) is 5.45. The van der Waals surface area contributed by atoms with Crippen LogP contribution in [0.15, 0.2) is 174 Å². The summed E-state index contributed by atoms with van der Waals surface area (Å²) in [5.41, 5.74) is 7.54. The van der Waals surface area contributed by atoms with Gasteiger partial charge >= 0.3 is 0 Å². The zero-order valence-electron chi connectivity index (χ0n) is 28.3. The van der Waals surface area contributed by atoms with Crippen LogP contribution >= 0.6 is 0 Å². The van der Waals surface area contributed by atoms with E-state index in [0.29, 0.717) is 22.3 Å². The molecule has 45 heavy (non-hydrogen) atoms. The third-order valence-corrected chi connectivity index (χ3v) is 8.75. The maximum absolute atomic E-state index is 9.83. The molecule has 8 aromatic carbocycles. The molecule has 9 aromatic rings. The van der Waals surface area contributed by atoms with Crippen molar-refractivity contribution in [2.45, 2.75) is 0 Å². The third kappa shape index (κ3) is 4.09. The number of para-hydroxylation sites is 1. The molecule has 0 aliphatic rings. The van der Waals surface area contributed by atoms with Crippen molar-refractivity contribution in [1.82, 2.24) is 0 Å². The molecule has 210 valence electrons. The first-order valence-corrected chi connectivity index (χ1v) is 15.1. The number of hydrogen-bond acceptors (Lipinski definition) is 1. The molecule has 0 spiro atoms. The Balaban J connectivity index is 1.39. The van der Waals surface area contributed by atoms with Gasteiger partial charge in [0.25, 0.3) is 0 Å². The minimum absolute atomic E-state index is 0.0508. The van der Waals surface area contributed by atoms with E-state index in [4.69, 9.17) is 5.79 Å². The van der Waals surface area contributed by atoms with Gasteiger partial charge in [0.15, 0.2) is 0 Å². The second-order valence-corrected chi connectivity index (χ2v) is 11.3. The average Bonchev–Trinajstić information content (AvgIpc) is 3.54. The zero-order valence-corrected chi connectivity index (χ0v) is 24.3. The molecule has 0 radical (unpaired) electrons. The molecule has 1 heterocycles. The van der Waals surface area contributed by atoms with Crippen molar-refractivity contribution in [2.24, 2.45) is 0 Å². The van der Waals surface area contributed by atoms with E-state index in [9.17, 15) is 4.11 Å². The minimum atomic E-state index is -0.212. The van der Waals surface area contributed by atoms with Crippen LogP contribution in [0.5, 0.6) is 0 Å². The summed E-state index contributed by atoms with van der Waals surface area (Å²) in [6, 6.07) is 47.9. The van der Waals surface area contributed by atoms with Crippen LogP contribution in [-0.2, 0) is 0 Å². The fraction of sp³-hybridized carbons (Fsp3) is 0. The Morgan fingerprint density at radius 1 is 0.400 bits per heavy atom. The van der Waals surface area contributed by atoms with Crippen LogP contribution < -0.4 is 0 Å². The summed E-state index contributed by atoms with van der Waals surface area (Å²) in [4.78, 5) is 0. The van der Waals surface area contributed by atoms with Gasteiger partial charge in [0.1, 0.15) is 11.2 Å². The highest BCUT2D eigenvalue weighted by molar-refractivity contribution is 6.22. The molecule has 0 unspecified atom stereocenters. The topological polar surface area (TPSA) is 13.1 Å². The van der Waals surface area contributed by atoms with Gasteiger partial charge in [-0.05, 0) is 72.6 Å². The molecule has 1 heteroatoms. The predicted molar refractivity (Wildman–Crippen MR) is 190 cm³/mol.